The van der Waals surface area contributed by atoms with Crippen LogP contribution in [0.25, 0.3) is 61.3 Å². The van der Waals surface area contributed by atoms with Gasteiger partial charge in [0.1, 0.15) is 78.4 Å². The van der Waals surface area contributed by atoms with Crippen molar-refractivity contribution in [2.75, 3.05) is 81.7 Å². The summed E-state index contributed by atoms with van der Waals surface area (Å²) in [6.07, 6.45) is 11.0. The molecule has 0 saturated carbocycles. The summed E-state index contributed by atoms with van der Waals surface area (Å²) in [6.45, 7) is 20.0. The number of para-hydroxylation sites is 7. The van der Waals surface area contributed by atoms with Crippen molar-refractivity contribution < 1.29 is 19.3 Å². The van der Waals surface area contributed by atoms with Crippen molar-refractivity contribution in [2.24, 2.45) is 39.9 Å². The largest absolute Gasteiger partial charge is 0.507 e. The van der Waals surface area contributed by atoms with Crippen LogP contribution < -0.4 is 14.2 Å². The summed E-state index contributed by atoms with van der Waals surface area (Å²) in [5.41, 5.74) is 19.6. The van der Waals surface area contributed by atoms with Crippen molar-refractivity contribution in [1.29, 1.82) is 0 Å². The van der Waals surface area contributed by atoms with Gasteiger partial charge in [0.25, 0.3) is 0 Å². The van der Waals surface area contributed by atoms with Crippen LogP contribution in [0, 0.1) is 0 Å². The highest BCUT2D eigenvalue weighted by Gasteiger charge is 2.18. The van der Waals surface area contributed by atoms with Crippen LogP contribution in [-0.4, -0.2) is 192 Å². The normalized spacial score (nSPS) is 12.9. The second-order valence-corrected chi connectivity index (χ2v) is 38.7. The summed E-state index contributed by atoms with van der Waals surface area (Å²) in [5.74, 6) is 2.81. The van der Waals surface area contributed by atoms with E-state index in [0.29, 0.717) is 59.1 Å². The third-order valence-electron chi connectivity index (χ3n) is 20.9. The molecule has 135 heavy (non-hydrogen) atoms. The number of nitrogens with zero attached hydrogens (tertiary/aromatic N) is 20. The number of ether oxygens (including phenoxy) is 3. The second kappa shape index (κ2) is 49.6. The molecular weight excluding hydrogens is 1800 g/mol. The highest BCUT2D eigenvalue weighted by molar-refractivity contribution is 7.20. The van der Waals surface area contributed by atoms with Gasteiger partial charge in [-0.05, 0) is 217 Å². The molecule has 9 aromatic heterocycles. The number of likely N-dealkylation sites (N-methyl/N-ethyl adjacent to an activating group) is 3. The van der Waals surface area contributed by atoms with Gasteiger partial charge in [-0.15, -0.1) is 68.0 Å². The minimum absolute atomic E-state index is 0.262. The molecule has 24 nitrogen and oxygen atoms in total. The molecule has 11 heterocycles. The predicted octanol–water partition coefficient (Wildman–Crippen LogP) is 23.1. The van der Waals surface area contributed by atoms with Gasteiger partial charge in [0, 0.05) is 74.6 Å². The molecule has 1 N–H and O–H groups in total. The zero-order valence-electron chi connectivity index (χ0n) is 77.8. The first-order valence-electron chi connectivity index (χ1n) is 44.2. The average molecular weight is 1910 g/mol. The first kappa shape index (κ1) is 97.7. The quantitative estimate of drug-likeness (QED) is 0.0410. The van der Waals surface area contributed by atoms with Gasteiger partial charge in [0.15, 0.2) is 0 Å². The second-order valence-electron chi connectivity index (χ2n) is 32.0. The SMILES string of the molecule is CC(=NCc1nc2c(OCCN(C)C)cccc2s1)c1ccccn1.CC(=NCc1nc2ccc(OCCN(C)C)cc2s1)c1ccccn1.CC(=NCc1nc2ccccc2s1)C1=NC=CC1.CC(=NCc1nc2ccccc2s1)C1=Nc2ccccc2C1.CC(=NCc1nc2ccccc2s1)c1cc(OCCN(C)C)ccn1.CC(=NCc1nc2ccccc2s1)c1ccccc1O. The van der Waals surface area contributed by atoms with E-state index < -0.39 is 0 Å². The fourth-order valence-electron chi connectivity index (χ4n) is 13.4. The van der Waals surface area contributed by atoms with Crippen LogP contribution >= 0.6 is 68.0 Å². The number of phenolic OH excluding ortho intramolecular Hbond substituents is 1. The number of benzene rings is 8. The van der Waals surface area contributed by atoms with Crippen LogP contribution in [0.5, 0.6) is 23.0 Å². The number of aromatic nitrogens is 9. The Morgan fingerprint density at radius 3 is 1.22 bits per heavy atom. The minimum atomic E-state index is 0.262. The molecule has 0 amide bonds. The fourth-order valence-corrected chi connectivity index (χ4v) is 18.8. The predicted molar refractivity (Wildman–Crippen MR) is 566 cm³/mol. The Hall–Kier alpha value is -13.3. The molecule has 0 saturated heterocycles. The molecule has 0 atom stereocenters. The van der Waals surface area contributed by atoms with Crippen molar-refractivity contribution >= 4 is 181 Å². The van der Waals surface area contributed by atoms with Gasteiger partial charge < -0.3 is 34.0 Å². The van der Waals surface area contributed by atoms with E-state index >= 15 is 0 Å². The van der Waals surface area contributed by atoms with Crippen LogP contribution in [0.3, 0.4) is 0 Å². The smallest absolute Gasteiger partial charge is 0.146 e. The monoisotopic (exact) mass is 1900 g/mol. The molecule has 0 radical (unpaired) electrons. The zero-order valence-corrected chi connectivity index (χ0v) is 82.7. The number of hydrogen-bond acceptors (Lipinski definition) is 30. The van der Waals surface area contributed by atoms with Gasteiger partial charge in [-0.2, -0.15) is 0 Å². The van der Waals surface area contributed by atoms with Crippen molar-refractivity contribution in [1.82, 2.24) is 59.6 Å². The van der Waals surface area contributed by atoms with Crippen LogP contribution in [0.4, 0.5) is 5.69 Å². The van der Waals surface area contributed by atoms with E-state index in [1.807, 2.05) is 260 Å². The lowest BCUT2D eigenvalue weighted by Gasteiger charge is -2.11. The van der Waals surface area contributed by atoms with Crippen molar-refractivity contribution in [3.05, 3.63) is 320 Å². The van der Waals surface area contributed by atoms with Gasteiger partial charge in [-0.25, -0.2) is 29.9 Å². The Labute approximate surface area is 811 Å². The topological polar surface area (TPSA) is 273 Å². The molecule has 0 bridgehead atoms. The van der Waals surface area contributed by atoms with E-state index in [1.54, 1.807) is 98.7 Å². The maximum absolute atomic E-state index is 9.80. The Morgan fingerprint density at radius 2 is 0.748 bits per heavy atom. The molecule has 2 aliphatic heterocycles. The van der Waals surface area contributed by atoms with E-state index in [0.717, 1.165) is 196 Å². The third-order valence-corrected chi connectivity index (χ3v) is 26.9. The van der Waals surface area contributed by atoms with Crippen molar-refractivity contribution in [2.45, 2.75) is 93.7 Å². The van der Waals surface area contributed by atoms with E-state index in [4.69, 9.17) is 19.2 Å². The third kappa shape index (κ3) is 29.4. The molecule has 2 aliphatic rings. The molecule has 688 valence electrons. The molecule has 0 unspecified atom stereocenters. The first-order valence-corrected chi connectivity index (χ1v) is 49.1. The number of rotatable bonds is 30. The molecule has 19 rings (SSSR count). The standard InChI is InChI=1S/3C19H22N4OS.C18H15N3S.C16H14N2OS.C14H13N3S/c1-14(15-7-4-5-10-20-15)21-13-18-22-19-16(24-12-11-23(2)3)8-6-9-17(19)25-18;1-14(16-6-4-5-9-20-16)21-13-19-22-17-8-7-15(12-18(17)25-19)24-11-10-23(2)3;1-14(17-12-15(8-9-20-17)24-11-10-23(2)3)21-13-19-22-16-6-4-5-7-18(16)25-19;1-12(16-10-13-6-2-3-7-14(13)20-16)19-11-18-21-15-8-4-5-9-17(15)22-18;1-11(12-6-2-4-8-14(12)19)17-10-16-18-13-7-3-5-9-15(13)20-16;1-10(11-6-4-8-15-11)16-9-14-17-12-5-2-3-7-13(12)18-14/h4-10H,11-13H2,1-3H3;2*4-9,12H,10-11,13H2,1-3H3;2-9H,10-11H2,1H3;2-9,19H,10H2,1H3;2-5,7-8H,6,9H2,1H3. The average Bonchev–Trinajstić information content (AvgIpc) is 1.67. The van der Waals surface area contributed by atoms with E-state index in [9.17, 15) is 5.11 Å². The lowest BCUT2D eigenvalue weighted by molar-refractivity contribution is 0.261. The number of phenols is 1. The lowest BCUT2D eigenvalue weighted by Crippen LogP contribution is -2.19. The molecule has 8 aromatic carbocycles. The van der Waals surface area contributed by atoms with Gasteiger partial charge in [-0.1, -0.05) is 103 Å². The van der Waals surface area contributed by atoms with Gasteiger partial charge in [0.05, 0.1) is 158 Å². The number of aromatic hydroxyl groups is 1. The molecule has 0 aliphatic carbocycles. The Kier molecular flexibility index (Phi) is 35.9. The summed E-state index contributed by atoms with van der Waals surface area (Å²) in [4.78, 5) is 83.7. The lowest BCUT2D eigenvalue weighted by atomic mass is 10.1. The maximum Gasteiger partial charge on any atom is 0.146 e. The molecular formula is C105H108N20O4S6. The highest BCUT2D eigenvalue weighted by Crippen LogP contribution is 2.34. The van der Waals surface area contributed by atoms with Gasteiger partial charge in [-0.3, -0.25) is 54.9 Å². The Morgan fingerprint density at radius 1 is 0.348 bits per heavy atom. The molecule has 0 spiro atoms. The van der Waals surface area contributed by atoms with E-state index in [2.05, 4.69) is 149 Å². The Bertz CT molecular complexity index is 6970. The fraction of sp³-hybridized carbons (Fsp3) is 0.248. The van der Waals surface area contributed by atoms with E-state index in [-0.39, 0.29) is 5.75 Å². The minimum Gasteiger partial charge on any atom is -0.507 e. The number of hydrogen-bond donors (Lipinski definition) is 1. The summed E-state index contributed by atoms with van der Waals surface area (Å²) < 4.78 is 24.5. The van der Waals surface area contributed by atoms with Crippen LogP contribution in [0.2, 0.25) is 0 Å². The summed E-state index contributed by atoms with van der Waals surface area (Å²) in [5, 5.41) is 15.9. The maximum atomic E-state index is 9.80. The number of aliphatic imine (C=N–C) groups is 8. The molecule has 30 heteroatoms. The Balaban J connectivity index is 0.000000130. The van der Waals surface area contributed by atoms with E-state index in [1.165, 1.54) is 24.4 Å². The van der Waals surface area contributed by atoms with Crippen LogP contribution in [-0.2, 0) is 45.7 Å². The highest BCUT2D eigenvalue weighted by atomic mass is 32.1. The first-order chi connectivity index (χ1) is 65.7. The number of allylic oxidation sites excluding steroid dienone is 1. The number of pyridine rings is 3. The number of thiazole rings is 6. The summed E-state index contributed by atoms with van der Waals surface area (Å²) >= 11 is 10.1. The summed E-state index contributed by atoms with van der Waals surface area (Å²) in [7, 11) is 12.2. The number of fused-ring (bicyclic) bond motifs is 7. The molecule has 0 fully saturated rings. The van der Waals surface area contributed by atoms with Crippen LogP contribution in [0.1, 0.15) is 106 Å². The van der Waals surface area contributed by atoms with Crippen molar-refractivity contribution in [3.63, 3.8) is 0 Å². The van der Waals surface area contributed by atoms with Gasteiger partial charge in [0.2, 0.25) is 0 Å². The van der Waals surface area contributed by atoms with Crippen LogP contribution in [0.15, 0.2) is 301 Å². The molecule has 17 aromatic rings. The summed E-state index contributed by atoms with van der Waals surface area (Å²) in [6, 6.07) is 75.7. The zero-order chi connectivity index (χ0) is 94.2. The van der Waals surface area contributed by atoms with Crippen molar-refractivity contribution in [3.8, 4) is 23.0 Å². The van der Waals surface area contributed by atoms with Gasteiger partial charge >= 0.3 is 0 Å².